The summed E-state index contributed by atoms with van der Waals surface area (Å²) in [6.45, 7) is 5.76. The Morgan fingerprint density at radius 3 is 1.94 bits per heavy atom. The van der Waals surface area contributed by atoms with Gasteiger partial charge in [0.1, 0.15) is 0 Å². The van der Waals surface area contributed by atoms with Crippen LogP contribution in [0.4, 0.5) is 13.2 Å². The fourth-order valence-electron chi connectivity index (χ4n) is 1.21. The summed E-state index contributed by atoms with van der Waals surface area (Å²) in [5.74, 6) is 0. The molecule has 0 aliphatic carbocycles. The van der Waals surface area contributed by atoms with E-state index in [4.69, 9.17) is 0 Å². The number of hydrogen-bond donors (Lipinski definition) is 0. The van der Waals surface area contributed by atoms with Crippen LogP contribution in [-0.2, 0) is 6.18 Å². The molecule has 90 valence electrons. The lowest BCUT2D eigenvalue weighted by atomic mass is 10.2. The topological polar surface area (TPSA) is 3.24 Å². The lowest BCUT2D eigenvalue weighted by Gasteiger charge is -2.16. The summed E-state index contributed by atoms with van der Waals surface area (Å²) >= 11 is 1.47. The second kappa shape index (κ2) is 5.59. The van der Waals surface area contributed by atoms with Crippen molar-refractivity contribution in [2.75, 3.05) is 13.1 Å². The van der Waals surface area contributed by atoms with Gasteiger partial charge in [0.25, 0.3) is 0 Å². The van der Waals surface area contributed by atoms with E-state index in [1.165, 1.54) is 24.1 Å². The molecule has 0 atom stereocenters. The van der Waals surface area contributed by atoms with Crippen LogP contribution in [0.2, 0.25) is 0 Å². The molecular formula is C11H14F3NS. The van der Waals surface area contributed by atoms with E-state index in [9.17, 15) is 13.2 Å². The molecule has 16 heavy (non-hydrogen) atoms. The van der Waals surface area contributed by atoms with Crippen molar-refractivity contribution >= 4 is 11.9 Å². The third kappa shape index (κ3) is 3.72. The van der Waals surface area contributed by atoms with Crippen molar-refractivity contribution in [1.29, 1.82) is 0 Å². The van der Waals surface area contributed by atoms with Gasteiger partial charge in [-0.2, -0.15) is 13.2 Å². The molecule has 0 spiro atoms. The Balaban J connectivity index is 2.72. The van der Waals surface area contributed by atoms with Gasteiger partial charge in [-0.05, 0) is 36.2 Å². The van der Waals surface area contributed by atoms with Gasteiger partial charge in [-0.1, -0.05) is 13.8 Å². The Hall–Kier alpha value is -0.680. The molecular weight excluding hydrogens is 235 g/mol. The summed E-state index contributed by atoms with van der Waals surface area (Å²) in [5, 5.41) is 0. The van der Waals surface area contributed by atoms with Crippen LogP contribution in [0.1, 0.15) is 19.4 Å². The Morgan fingerprint density at radius 1 is 1.06 bits per heavy atom. The first kappa shape index (κ1) is 13.4. The SMILES string of the molecule is CCN(CC)Sc1ccc(C(F)(F)F)cc1. The van der Waals surface area contributed by atoms with E-state index in [1.807, 2.05) is 13.8 Å². The first-order valence-electron chi connectivity index (χ1n) is 5.07. The fourth-order valence-corrected chi connectivity index (χ4v) is 2.02. The Kier molecular flexibility index (Phi) is 4.68. The molecule has 0 heterocycles. The van der Waals surface area contributed by atoms with E-state index in [-0.39, 0.29) is 0 Å². The molecule has 0 aliphatic heterocycles. The minimum absolute atomic E-state index is 0.601. The van der Waals surface area contributed by atoms with E-state index in [2.05, 4.69) is 4.31 Å². The van der Waals surface area contributed by atoms with Crippen LogP contribution < -0.4 is 0 Å². The molecule has 0 aliphatic rings. The lowest BCUT2D eigenvalue weighted by molar-refractivity contribution is -0.137. The van der Waals surface area contributed by atoms with Crippen LogP contribution in [0.3, 0.4) is 0 Å². The maximum atomic E-state index is 12.3. The highest BCUT2D eigenvalue weighted by atomic mass is 32.2. The van der Waals surface area contributed by atoms with Crippen LogP contribution in [0.5, 0.6) is 0 Å². The van der Waals surface area contributed by atoms with E-state index in [0.717, 1.165) is 30.1 Å². The summed E-state index contributed by atoms with van der Waals surface area (Å²) in [7, 11) is 0. The molecule has 0 aromatic heterocycles. The van der Waals surface area contributed by atoms with Crippen LogP contribution in [0.15, 0.2) is 29.2 Å². The number of benzene rings is 1. The maximum absolute atomic E-state index is 12.3. The third-order valence-electron chi connectivity index (χ3n) is 2.12. The van der Waals surface area contributed by atoms with Gasteiger partial charge in [0, 0.05) is 18.0 Å². The van der Waals surface area contributed by atoms with Gasteiger partial charge < -0.3 is 0 Å². The zero-order valence-electron chi connectivity index (χ0n) is 9.21. The van der Waals surface area contributed by atoms with Crippen LogP contribution in [0, 0.1) is 0 Å². The molecule has 0 bridgehead atoms. The Bertz CT molecular complexity index is 317. The van der Waals surface area contributed by atoms with E-state index >= 15 is 0 Å². The number of hydrogen-bond acceptors (Lipinski definition) is 2. The second-order valence-electron chi connectivity index (χ2n) is 3.23. The molecule has 0 saturated heterocycles. The standard InChI is InChI=1S/C11H14F3NS/c1-3-15(4-2)16-10-7-5-9(6-8-10)11(12,13)14/h5-8H,3-4H2,1-2H3. The fraction of sp³-hybridized carbons (Fsp3) is 0.455. The first-order chi connectivity index (χ1) is 7.47. The molecule has 1 aromatic carbocycles. The maximum Gasteiger partial charge on any atom is 0.416 e. The van der Waals surface area contributed by atoms with Crippen LogP contribution in [-0.4, -0.2) is 17.4 Å². The zero-order valence-corrected chi connectivity index (χ0v) is 10.0. The van der Waals surface area contributed by atoms with Crippen molar-refractivity contribution in [1.82, 2.24) is 4.31 Å². The van der Waals surface area contributed by atoms with Crippen molar-refractivity contribution in [3.8, 4) is 0 Å². The highest BCUT2D eigenvalue weighted by Crippen LogP contribution is 2.31. The van der Waals surface area contributed by atoms with Gasteiger partial charge in [-0.15, -0.1) is 0 Å². The van der Waals surface area contributed by atoms with E-state index in [0.29, 0.717) is 0 Å². The molecule has 0 radical (unpaired) electrons. The average molecular weight is 249 g/mol. The number of rotatable bonds is 4. The third-order valence-corrected chi connectivity index (χ3v) is 3.38. The number of alkyl halides is 3. The predicted molar refractivity (Wildman–Crippen MR) is 60.2 cm³/mol. The van der Waals surface area contributed by atoms with Crippen molar-refractivity contribution in [2.45, 2.75) is 24.9 Å². The normalized spacial score (nSPS) is 12.1. The van der Waals surface area contributed by atoms with Crippen molar-refractivity contribution in [3.63, 3.8) is 0 Å². The van der Waals surface area contributed by atoms with Gasteiger partial charge in [0.15, 0.2) is 0 Å². The largest absolute Gasteiger partial charge is 0.416 e. The second-order valence-corrected chi connectivity index (χ2v) is 4.40. The van der Waals surface area contributed by atoms with Crippen molar-refractivity contribution in [2.24, 2.45) is 0 Å². The predicted octanol–water partition coefficient (Wildman–Crippen LogP) is 4.05. The van der Waals surface area contributed by atoms with E-state index < -0.39 is 11.7 Å². The average Bonchev–Trinajstić information content (AvgIpc) is 2.25. The van der Waals surface area contributed by atoms with Crippen LogP contribution >= 0.6 is 11.9 Å². The number of halogens is 3. The molecule has 0 amide bonds. The molecule has 0 N–H and O–H groups in total. The Labute approximate surface area is 97.8 Å². The summed E-state index contributed by atoms with van der Waals surface area (Å²) in [5.41, 5.74) is -0.601. The highest BCUT2D eigenvalue weighted by Gasteiger charge is 2.29. The monoisotopic (exact) mass is 249 g/mol. The minimum Gasteiger partial charge on any atom is -0.247 e. The van der Waals surface area contributed by atoms with Gasteiger partial charge in [0.2, 0.25) is 0 Å². The Morgan fingerprint density at radius 2 is 1.56 bits per heavy atom. The summed E-state index contributed by atoms with van der Waals surface area (Å²) in [4.78, 5) is 0.830. The smallest absolute Gasteiger partial charge is 0.247 e. The molecule has 1 aromatic rings. The van der Waals surface area contributed by atoms with Gasteiger partial charge >= 0.3 is 6.18 Å². The summed E-state index contributed by atoms with van der Waals surface area (Å²) < 4.78 is 39.0. The first-order valence-corrected chi connectivity index (χ1v) is 5.85. The molecule has 0 fully saturated rings. The molecule has 0 saturated carbocycles. The molecule has 1 rings (SSSR count). The van der Waals surface area contributed by atoms with Gasteiger partial charge in [-0.25, -0.2) is 4.31 Å². The van der Waals surface area contributed by atoms with Gasteiger partial charge in [-0.3, -0.25) is 0 Å². The van der Waals surface area contributed by atoms with Gasteiger partial charge in [0.05, 0.1) is 5.56 Å². The van der Waals surface area contributed by atoms with Crippen molar-refractivity contribution < 1.29 is 13.2 Å². The molecule has 1 nitrogen and oxygen atoms in total. The van der Waals surface area contributed by atoms with E-state index in [1.54, 1.807) is 0 Å². The molecule has 0 unspecified atom stereocenters. The zero-order chi connectivity index (χ0) is 12.2. The van der Waals surface area contributed by atoms with Crippen molar-refractivity contribution in [3.05, 3.63) is 29.8 Å². The molecule has 5 heteroatoms. The summed E-state index contributed by atoms with van der Waals surface area (Å²) in [6, 6.07) is 5.25. The van der Waals surface area contributed by atoms with Crippen LogP contribution in [0.25, 0.3) is 0 Å². The number of nitrogens with zero attached hydrogens (tertiary/aromatic N) is 1. The summed E-state index contributed by atoms with van der Waals surface area (Å²) in [6.07, 6.45) is -4.25. The minimum atomic E-state index is -4.25. The highest BCUT2D eigenvalue weighted by molar-refractivity contribution is 7.97. The lowest BCUT2D eigenvalue weighted by Crippen LogP contribution is -2.13. The quantitative estimate of drug-likeness (QED) is 0.740.